The van der Waals surface area contributed by atoms with Crippen molar-refractivity contribution in [2.45, 2.75) is 13.5 Å². The minimum atomic E-state index is -1.20. The van der Waals surface area contributed by atoms with E-state index in [2.05, 4.69) is 10.4 Å². The molecule has 27 heavy (non-hydrogen) atoms. The van der Waals surface area contributed by atoms with E-state index in [0.29, 0.717) is 16.5 Å². The Balaban J connectivity index is 1.69. The van der Waals surface area contributed by atoms with Crippen molar-refractivity contribution in [2.24, 2.45) is 7.05 Å². The number of nitrogens with one attached hydrogen (secondary N) is 1. The van der Waals surface area contributed by atoms with E-state index in [1.807, 2.05) is 19.1 Å². The summed E-state index contributed by atoms with van der Waals surface area (Å²) in [6, 6.07) is 8.49. The highest BCUT2D eigenvalue weighted by Crippen LogP contribution is 2.28. The van der Waals surface area contributed by atoms with Gasteiger partial charge in [0.15, 0.2) is 11.5 Å². The molecule has 0 aliphatic heterocycles. The molecule has 1 amide bonds. The molecule has 0 radical (unpaired) electrons. The van der Waals surface area contributed by atoms with Crippen LogP contribution in [0.25, 0.3) is 0 Å². The zero-order valence-electron chi connectivity index (χ0n) is 14.5. The maximum atomic E-state index is 12.3. The van der Waals surface area contributed by atoms with Gasteiger partial charge in [-0.15, -0.1) is 0 Å². The monoisotopic (exact) mass is 389 g/mol. The fraction of sp³-hybridized carbons (Fsp3) is 0.167. The van der Waals surface area contributed by atoms with Crippen molar-refractivity contribution < 1.29 is 23.8 Å². The third kappa shape index (κ3) is 3.95. The molecule has 0 saturated heterocycles. The van der Waals surface area contributed by atoms with Gasteiger partial charge in [-0.2, -0.15) is 5.10 Å². The van der Waals surface area contributed by atoms with Gasteiger partial charge in [0.1, 0.15) is 18.1 Å². The Hall–Kier alpha value is -3.26. The molecule has 0 spiro atoms. The van der Waals surface area contributed by atoms with Gasteiger partial charge in [-0.05, 0) is 30.7 Å². The van der Waals surface area contributed by atoms with E-state index in [4.69, 9.17) is 20.8 Å². The van der Waals surface area contributed by atoms with Crippen LogP contribution in [0.1, 0.15) is 32.4 Å². The lowest BCUT2D eigenvalue weighted by Crippen LogP contribution is -2.15. The van der Waals surface area contributed by atoms with Crippen molar-refractivity contribution in [3.63, 3.8) is 0 Å². The number of rotatable bonds is 6. The molecule has 0 fully saturated rings. The number of aromatic carboxylic acids is 1. The Bertz CT molecular complexity index is 988. The molecule has 2 N–H and O–H groups in total. The van der Waals surface area contributed by atoms with Gasteiger partial charge in [-0.1, -0.05) is 23.7 Å². The fourth-order valence-corrected chi connectivity index (χ4v) is 2.76. The molecule has 8 nitrogen and oxygen atoms in total. The average Bonchev–Trinajstić information content (AvgIpc) is 3.21. The summed E-state index contributed by atoms with van der Waals surface area (Å²) in [5, 5.41) is 16.0. The number of nitrogens with zero attached hydrogens (tertiary/aromatic N) is 2. The minimum Gasteiger partial charge on any atom is -0.484 e. The van der Waals surface area contributed by atoms with E-state index in [9.17, 15) is 14.7 Å². The normalized spacial score (nSPS) is 10.6. The third-order valence-electron chi connectivity index (χ3n) is 3.80. The number of halogens is 1. The van der Waals surface area contributed by atoms with Crippen LogP contribution in [-0.4, -0.2) is 26.8 Å². The SMILES string of the molecule is Cc1cccc(Cl)c1OCc1ccc(C(=O)Nc2cnn(C)c2C(=O)O)o1. The van der Waals surface area contributed by atoms with Gasteiger partial charge >= 0.3 is 5.97 Å². The number of carboxylic acids is 1. The van der Waals surface area contributed by atoms with Gasteiger partial charge in [0.05, 0.1) is 16.9 Å². The Labute approximate surface area is 159 Å². The van der Waals surface area contributed by atoms with Crippen molar-refractivity contribution in [1.82, 2.24) is 9.78 Å². The Morgan fingerprint density at radius 3 is 2.81 bits per heavy atom. The maximum Gasteiger partial charge on any atom is 0.356 e. The van der Waals surface area contributed by atoms with Gasteiger partial charge in [0.25, 0.3) is 5.91 Å². The van der Waals surface area contributed by atoms with Crippen molar-refractivity contribution in [1.29, 1.82) is 0 Å². The van der Waals surface area contributed by atoms with E-state index < -0.39 is 11.9 Å². The first-order chi connectivity index (χ1) is 12.9. The molecular weight excluding hydrogens is 374 g/mol. The zero-order chi connectivity index (χ0) is 19.6. The molecule has 2 aromatic heterocycles. The highest BCUT2D eigenvalue weighted by molar-refractivity contribution is 6.32. The number of hydrogen-bond acceptors (Lipinski definition) is 5. The van der Waals surface area contributed by atoms with E-state index in [-0.39, 0.29) is 23.7 Å². The number of benzene rings is 1. The summed E-state index contributed by atoms with van der Waals surface area (Å²) in [6.45, 7) is 1.96. The lowest BCUT2D eigenvalue weighted by Gasteiger charge is -2.09. The predicted molar refractivity (Wildman–Crippen MR) is 97.3 cm³/mol. The second kappa shape index (κ2) is 7.55. The zero-order valence-corrected chi connectivity index (χ0v) is 15.3. The average molecular weight is 390 g/mol. The van der Waals surface area contributed by atoms with Crippen LogP contribution in [-0.2, 0) is 13.7 Å². The maximum absolute atomic E-state index is 12.3. The van der Waals surface area contributed by atoms with Gasteiger partial charge in [0.2, 0.25) is 0 Å². The molecule has 9 heteroatoms. The molecule has 3 aromatic rings. The van der Waals surface area contributed by atoms with E-state index in [0.717, 1.165) is 10.2 Å². The van der Waals surface area contributed by atoms with Crippen LogP contribution in [0.4, 0.5) is 5.69 Å². The Morgan fingerprint density at radius 1 is 1.33 bits per heavy atom. The molecule has 1 aromatic carbocycles. The lowest BCUT2D eigenvalue weighted by molar-refractivity contribution is 0.0686. The predicted octanol–water partition coefficient (Wildman–Crippen LogP) is 3.50. The van der Waals surface area contributed by atoms with Crippen molar-refractivity contribution in [2.75, 3.05) is 5.32 Å². The smallest absolute Gasteiger partial charge is 0.356 e. The molecule has 0 aliphatic carbocycles. The van der Waals surface area contributed by atoms with Crippen LogP contribution >= 0.6 is 11.6 Å². The minimum absolute atomic E-state index is 0.0182. The molecule has 0 bridgehead atoms. The first-order valence-electron chi connectivity index (χ1n) is 7.90. The Morgan fingerprint density at radius 2 is 2.11 bits per heavy atom. The lowest BCUT2D eigenvalue weighted by atomic mass is 10.2. The number of carbonyl (C=O) groups excluding carboxylic acids is 1. The molecule has 0 atom stereocenters. The number of carbonyl (C=O) groups is 2. The van der Waals surface area contributed by atoms with Gasteiger partial charge < -0.3 is 19.6 Å². The van der Waals surface area contributed by atoms with E-state index in [1.54, 1.807) is 12.1 Å². The molecule has 0 unspecified atom stereocenters. The van der Waals surface area contributed by atoms with Crippen LogP contribution in [0.5, 0.6) is 5.75 Å². The number of anilines is 1. The summed E-state index contributed by atoms with van der Waals surface area (Å²) in [5.74, 6) is -0.809. The van der Waals surface area contributed by atoms with Crippen molar-refractivity contribution >= 4 is 29.2 Å². The summed E-state index contributed by atoms with van der Waals surface area (Å²) >= 11 is 6.11. The van der Waals surface area contributed by atoms with Crippen LogP contribution in [0.2, 0.25) is 5.02 Å². The number of amides is 1. The molecule has 140 valence electrons. The Kier molecular flexibility index (Phi) is 5.18. The fourth-order valence-electron chi connectivity index (χ4n) is 2.49. The summed E-state index contributed by atoms with van der Waals surface area (Å²) in [6.07, 6.45) is 1.26. The number of carboxylic acid groups (broad SMARTS) is 1. The second-order valence-corrected chi connectivity index (χ2v) is 6.14. The van der Waals surface area contributed by atoms with Crippen LogP contribution in [0.3, 0.4) is 0 Å². The molecule has 0 saturated carbocycles. The third-order valence-corrected chi connectivity index (χ3v) is 4.10. The number of furan rings is 1. The van der Waals surface area contributed by atoms with E-state index in [1.165, 1.54) is 19.3 Å². The van der Waals surface area contributed by atoms with Gasteiger partial charge in [-0.25, -0.2) is 4.79 Å². The standard InChI is InChI=1S/C18H16ClN3O5/c1-10-4-3-5-12(19)16(10)26-9-11-6-7-14(27-11)17(23)21-13-8-20-22(2)15(13)18(24)25/h3-8H,9H2,1-2H3,(H,21,23)(H,24,25). The summed E-state index contributed by atoms with van der Waals surface area (Å²) in [7, 11) is 1.47. The number of ether oxygens (including phenoxy) is 1. The topological polar surface area (TPSA) is 107 Å². The molecule has 3 rings (SSSR count). The highest BCUT2D eigenvalue weighted by atomic mass is 35.5. The summed E-state index contributed by atoms with van der Waals surface area (Å²) in [5.41, 5.74) is 0.827. The number of aryl methyl sites for hydroxylation is 2. The largest absolute Gasteiger partial charge is 0.484 e. The summed E-state index contributed by atoms with van der Waals surface area (Å²) in [4.78, 5) is 23.5. The number of hydrogen-bond donors (Lipinski definition) is 2. The van der Waals surface area contributed by atoms with Gasteiger partial charge in [-0.3, -0.25) is 9.48 Å². The van der Waals surface area contributed by atoms with Crippen LogP contribution in [0.15, 0.2) is 40.9 Å². The van der Waals surface area contributed by atoms with Crippen LogP contribution < -0.4 is 10.1 Å². The highest BCUT2D eigenvalue weighted by Gasteiger charge is 2.20. The first kappa shape index (κ1) is 18.5. The molecule has 2 heterocycles. The quantitative estimate of drug-likeness (QED) is 0.668. The first-order valence-corrected chi connectivity index (χ1v) is 8.28. The number of para-hydroxylation sites is 1. The van der Waals surface area contributed by atoms with Crippen molar-refractivity contribution in [3.8, 4) is 5.75 Å². The van der Waals surface area contributed by atoms with E-state index >= 15 is 0 Å². The summed E-state index contributed by atoms with van der Waals surface area (Å²) < 4.78 is 12.3. The molecular formula is C18H16ClN3O5. The second-order valence-electron chi connectivity index (χ2n) is 5.73. The number of aromatic nitrogens is 2. The van der Waals surface area contributed by atoms with Crippen LogP contribution in [0, 0.1) is 6.92 Å². The molecule has 0 aliphatic rings. The van der Waals surface area contributed by atoms with Crippen molar-refractivity contribution in [3.05, 3.63) is 64.3 Å². The van der Waals surface area contributed by atoms with Gasteiger partial charge in [0, 0.05) is 7.05 Å².